The smallest absolute Gasteiger partial charge is 0.226 e. The molecule has 1 saturated heterocycles. The molecular weight excluding hydrogens is 292 g/mol. The van der Waals surface area contributed by atoms with Crippen molar-refractivity contribution in [2.75, 3.05) is 25.1 Å². The summed E-state index contributed by atoms with van der Waals surface area (Å²) in [6, 6.07) is 5.31. The van der Waals surface area contributed by atoms with Crippen molar-refractivity contribution in [1.29, 1.82) is 0 Å². The van der Waals surface area contributed by atoms with Gasteiger partial charge in [0.25, 0.3) is 0 Å². The van der Waals surface area contributed by atoms with Gasteiger partial charge < -0.3 is 20.1 Å². The van der Waals surface area contributed by atoms with E-state index in [0.717, 1.165) is 6.54 Å². The Morgan fingerprint density at radius 1 is 1.57 bits per heavy atom. The van der Waals surface area contributed by atoms with Gasteiger partial charge in [-0.3, -0.25) is 4.79 Å². The molecule has 1 unspecified atom stereocenters. The zero-order chi connectivity index (χ0) is 15.2. The molecular formula is C15H21ClN2O3. The molecule has 1 fully saturated rings. The summed E-state index contributed by atoms with van der Waals surface area (Å²) in [5, 5.41) is 6.57. The van der Waals surface area contributed by atoms with Crippen molar-refractivity contribution in [3.63, 3.8) is 0 Å². The molecule has 1 atom stereocenters. The first kappa shape index (κ1) is 16.1. The molecule has 0 aromatic heterocycles. The van der Waals surface area contributed by atoms with Gasteiger partial charge in [0.05, 0.1) is 24.3 Å². The Bertz CT molecular complexity index is 488. The molecule has 0 spiro atoms. The summed E-state index contributed by atoms with van der Waals surface area (Å²) in [6.07, 6.45) is 0.433. The Balaban J connectivity index is 1.89. The number of nitrogens with one attached hydrogen (secondary N) is 2. The predicted octanol–water partition coefficient (Wildman–Crippen LogP) is 2.44. The van der Waals surface area contributed by atoms with E-state index < -0.39 is 0 Å². The third kappa shape index (κ3) is 5.19. The molecule has 0 aliphatic carbocycles. The molecule has 1 aromatic rings. The fraction of sp³-hybridized carbons (Fsp3) is 0.533. The average molecular weight is 313 g/mol. The third-order valence-corrected chi connectivity index (χ3v) is 3.30. The van der Waals surface area contributed by atoms with Crippen molar-refractivity contribution in [2.45, 2.75) is 32.4 Å². The molecule has 2 rings (SSSR count). The number of halogens is 1. The van der Waals surface area contributed by atoms with Crippen LogP contribution in [0.25, 0.3) is 0 Å². The summed E-state index contributed by atoms with van der Waals surface area (Å²) in [5.74, 6) is 0.554. The first-order chi connectivity index (χ1) is 10.0. The van der Waals surface area contributed by atoms with Gasteiger partial charge in [0, 0.05) is 24.7 Å². The van der Waals surface area contributed by atoms with Crippen molar-refractivity contribution >= 4 is 23.2 Å². The van der Waals surface area contributed by atoms with Gasteiger partial charge in [-0.05, 0) is 32.0 Å². The van der Waals surface area contributed by atoms with E-state index >= 15 is 0 Å². The van der Waals surface area contributed by atoms with Crippen LogP contribution in [0.15, 0.2) is 18.2 Å². The van der Waals surface area contributed by atoms with Gasteiger partial charge in [0.15, 0.2) is 0 Å². The number of anilines is 1. The summed E-state index contributed by atoms with van der Waals surface area (Å²) >= 11 is 6.14. The lowest BCUT2D eigenvalue weighted by molar-refractivity contribution is -0.117. The normalized spacial score (nSPS) is 18.6. The summed E-state index contributed by atoms with van der Waals surface area (Å²) in [7, 11) is 0. The molecule has 0 bridgehead atoms. The van der Waals surface area contributed by atoms with Crippen molar-refractivity contribution < 1.29 is 14.3 Å². The molecule has 5 nitrogen and oxygen atoms in total. The number of benzene rings is 1. The topological polar surface area (TPSA) is 59.6 Å². The molecule has 116 valence electrons. The summed E-state index contributed by atoms with van der Waals surface area (Å²) in [5.41, 5.74) is 0.665. The van der Waals surface area contributed by atoms with Gasteiger partial charge >= 0.3 is 0 Å². The Kier molecular flexibility index (Phi) is 5.85. The van der Waals surface area contributed by atoms with Crippen LogP contribution in [-0.4, -0.2) is 37.8 Å². The number of amides is 1. The second-order valence-electron chi connectivity index (χ2n) is 5.29. The van der Waals surface area contributed by atoms with Crippen LogP contribution in [0.3, 0.4) is 0 Å². The maximum atomic E-state index is 12.0. The van der Waals surface area contributed by atoms with E-state index in [1.54, 1.807) is 18.2 Å². The lowest BCUT2D eigenvalue weighted by Crippen LogP contribution is -2.43. The Morgan fingerprint density at radius 3 is 3.00 bits per heavy atom. The highest BCUT2D eigenvalue weighted by atomic mass is 35.5. The molecule has 1 amide bonds. The lowest BCUT2D eigenvalue weighted by atomic mass is 10.2. The fourth-order valence-electron chi connectivity index (χ4n) is 2.11. The minimum absolute atomic E-state index is 0.0558. The van der Waals surface area contributed by atoms with Gasteiger partial charge in [-0.25, -0.2) is 0 Å². The number of carbonyl (C=O) groups excluding carboxylic acids is 1. The molecule has 6 heteroatoms. The SMILES string of the molecule is CC(C)Oc1ccc(NC(=O)CC2COCCN2)cc1Cl. The number of hydrogen-bond donors (Lipinski definition) is 2. The van der Waals surface area contributed by atoms with Crippen LogP contribution >= 0.6 is 11.6 Å². The quantitative estimate of drug-likeness (QED) is 0.877. The van der Waals surface area contributed by atoms with Crippen molar-refractivity contribution in [2.24, 2.45) is 0 Å². The van der Waals surface area contributed by atoms with Crippen LogP contribution in [0.4, 0.5) is 5.69 Å². The maximum absolute atomic E-state index is 12.0. The monoisotopic (exact) mass is 312 g/mol. The molecule has 1 aromatic carbocycles. The van der Waals surface area contributed by atoms with Crippen LogP contribution in [0.1, 0.15) is 20.3 Å². The number of hydrogen-bond acceptors (Lipinski definition) is 4. The minimum atomic E-state index is -0.0633. The van der Waals surface area contributed by atoms with Crippen molar-refractivity contribution in [1.82, 2.24) is 5.32 Å². The molecule has 1 aliphatic heterocycles. The number of rotatable bonds is 5. The van der Waals surface area contributed by atoms with E-state index in [1.807, 2.05) is 13.8 Å². The highest BCUT2D eigenvalue weighted by Crippen LogP contribution is 2.28. The predicted molar refractivity (Wildman–Crippen MR) is 83.1 cm³/mol. The molecule has 0 radical (unpaired) electrons. The zero-order valence-corrected chi connectivity index (χ0v) is 13.1. The first-order valence-corrected chi connectivity index (χ1v) is 7.49. The Morgan fingerprint density at radius 2 is 2.38 bits per heavy atom. The second kappa shape index (κ2) is 7.64. The molecule has 1 heterocycles. The molecule has 2 N–H and O–H groups in total. The van der Waals surface area contributed by atoms with E-state index in [2.05, 4.69) is 10.6 Å². The summed E-state index contributed by atoms with van der Waals surface area (Å²) in [4.78, 5) is 12.0. The van der Waals surface area contributed by atoms with Gasteiger partial charge in [0.2, 0.25) is 5.91 Å². The standard InChI is InChI=1S/C15H21ClN2O3/c1-10(2)21-14-4-3-11(7-13(14)16)18-15(19)8-12-9-20-6-5-17-12/h3-4,7,10,12,17H,5-6,8-9H2,1-2H3,(H,18,19). The molecule has 21 heavy (non-hydrogen) atoms. The Labute approximate surface area is 130 Å². The Hall–Kier alpha value is -1.30. The largest absolute Gasteiger partial charge is 0.489 e. The van der Waals surface area contributed by atoms with Crippen LogP contribution in [-0.2, 0) is 9.53 Å². The van der Waals surface area contributed by atoms with E-state index in [0.29, 0.717) is 36.1 Å². The van der Waals surface area contributed by atoms with E-state index in [4.69, 9.17) is 21.1 Å². The van der Waals surface area contributed by atoms with Crippen molar-refractivity contribution in [3.05, 3.63) is 23.2 Å². The lowest BCUT2D eigenvalue weighted by Gasteiger charge is -2.23. The van der Waals surface area contributed by atoms with Crippen LogP contribution in [0, 0.1) is 0 Å². The van der Waals surface area contributed by atoms with Crippen LogP contribution in [0.2, 0.25) is 5.02 Å². The molecule has 0 saturated carbocycles. The highest BCUT2D eigenvalue weighted by Gasteiger charge is 2.17. The maximum Gasteiger partial charge on any atom is 0.226 e. The number of ether oxygens (including phenoxy) is 2. The van der Waals surface area contributed by atoms with E-state index in [-0.39, 0.29) is 18.1 Å². The van der Waals surface area contributed by atoms with Gasteiger partial charge in [-0.1, -0.05) is 11.6 Å². The van der Waals surface area contributed by atoms with Crippen LogP contribution in [0.5, 0.6) is 5.75 Å². The van der Waals surface area contributed by atoms with Crippen LogP contribution < -0.4 is 15.4 Å². The summed E-state index contributed by atoms with van der Waals surface area (Å²) in [6.45, 7) is 5.92. The molecule has 1 aliphatic rings. The number of carbonyl (C=O) groups is 1. The average Bonchev–Trinajstić information content (AvgIpc) is 2.42. The minimum Gasteiger partial charge on any atom is -0.489 e. The van der Waals surface area contributed by atoms with Gasteiger partial charge in [-0.15, -0.1) is 0 Å². The fourth-order valence-corrected chi connectivity index (χ4v) is 2.34. The second-order valence-corrected chi connectivity index (χ2v) is 5.70. The summed E-state index contributed by atoms with van der Waals surface area (Å²) < 4.78 is 10.9. The van der Waals surface area contributed by atoms with Gasteiger partial charge in [0.1, 0.15) is 5.75 Å². The number of morpholine rings is 1. The zero-order valence-electron chi connectivity index (χ0n) is 12.3. The van der Waals surface area contributed by atoms with Gasteiger partial charge in [-0.2, -0.15) is 0 Å². The highest BCUT2D eigenvalue weighted by molar-refractivity contribution is 6.32. The third-order valence-electron chi connectivity index (χ3n) is 3.01. The van der Waals surface area contributed by atoms with E-state index in [1.165, 1.54) is 0 Å². The van der Waals surface area contributed by atoms with E-state index in [9.17, 15) is 4.79 Å². The van der Waals surface area contributed by atoms with Crippen molar-refractivity contribution in [3.8, 4) is 5.75 Å². The first-order valence-electron chi connectivity index (χ1n) is 7.12.